The van der Waals surface area contributed by atoms with Gasteiger partial charge >= 0.3 is 0 Å². The molecule has 1 aromatic heterocycles. The van der Waals surface area contributed by atoms with Gasteiger partial charge in [-0.05, 0) is 51.0 Å². The zero-order chi connectivity index (χ0) is 14.8. The monoisotopic (exact) mass is 332 g/mol. The number of rotatable bonds is 3. The van der Waals surface area contributed by atoms with Crippen molar-refractivity contribution in [2.75, 3.05) is 0 Å². The summed E-state index contributed by atoms with van der Waals surface area (Å²) >= 11 is 3.51. The van der Waals surface area contributed by atoms with Gasteiger partial charge in [0.25, 0.3) is 0 Å². The molecule has 0 spiro atoms. The lowest BCUT2D eigenvalue weighted by Crippen LogP contribution is -2.16. The van der Waals surface area contributed by atoms with Crippen LogP contribution in [0.4, 0.5) is 0 Å². The van der Waals surface area contributed by atoms with Gasteiger partial charge in [-0.1, -0.05) is 45.0 Å². The van der Waals surface area contributed by atoms with E-state index >= 15 is 0 Å². The SMILES string of the molecule is CC(C)(C)c1ccc(CC(N)c2ncccc2Br)cc1. The molecular weight excluding hydrogens is 312 g/mol. The first-order valence-corrected chi connectivity index (χ1v) is 7.62. The van der Waals surface area contributed by atoms with E-state index in [1.807, 2.05) is 12.1 Å². The van der Waals surface area contributed by atoms with Gasteiger partial charge < -0.3 is 5.73 Å². The highest BCUT2D eigenvalue weighted by Crippen LogP contribution is 2.25. The predicted molar refractivity (Wildman–Crippen MR) is 87.7 cm³/mol. The van der Waals surface area contributed by atoms with Gasteiger partial charge in [0.1, 0.15) is 0 Å². The number of nitrogens with two attached hydrogens (primary N) is 1. The molecule has 1 unspecified atom stereocenters. The summed E-state index contributed by atoms with van der Waals surface area (Å²) in [6.45, 7) is 6.66. The summed E-state index contributed by atoms with van der Waals surface area (Å²) in [7, 11) is 0. The molecule has 0 aliphatic heterocycles. The third-order valence-corrected chi connectivity index (χ3v) is 4.08. The van der Waals surface area contributed by atoms with Gasteiger partial charge in [-0.25, -0.2) is 0 Å². The summed E-state index contributed by atoms with van der Waals surface area (Å²) in [5.41, 5.74) is 9.93. The highest BCUT2D eigenvalue weighted by atomic mass is 79.9. The van der Waals surface area contributed by atoms with Crippen LogP contribution in [0.3, 0.4) is 0 Å². The minimum atomic E-state index is -0.0916. The molecule has 20 heavy (non-hydrogen) atoms. The Morgan fingerprint density at radius 2 is 1.80 bits per heavy atom. The smallest absolute Gasteiger partial charge is 0.0716 e. The molecule has 1 aromatic carbocycles. The summed E-state index contributed by atoms with van der Waals surface area (Å²) in [5.74, 6) is 0. The van der Waals surface area contributed by atoms with Gasteiger partial charge in [-0.15, -0.1) is 0 Å². The average molecular weight is 333 g/mol. The summed E-state index contributed by atoms with van der Waals surface area (Å²) in [5, 5.41) is 0. The van der Waals surface area contributed by atoms with Crippen LogP contribution in [-0.4, -0.2) is 4.98 Å². The molecule has 2 aromatic rings. The minimum absolute atomic E-state index is 0.0916. The van der Waals surface area contributed by atoms with Gasteiger partial charge in [0.15, 0.2) is 0 Å². The largest absolute Gasteiger partial charge is 0.322 e. The molecule has 0 aliphatic carbocycles. The first-order valence-electron chi connectivity index (χ1n) is 6.83. The Balaban J connectivity index is 2.13. The maximum atomic E-state index is 6.26. The first kappa shape index (κ1) is 15.2. The van der Waals surface area contributed by atoms with Crippen molar-refractivity contribution in [3.05, 3.63) is 63.9 Å². The van der Waals surface area contributed by atoms with Crippen LogP contribution < -0.4 is 5.73 Å². The molecular formula is C17H21BrN2. The van der Waals surface area contributed by atoms with Crippen molar-refractivity contribution >= 4 is 15.9 Å². The second kappa shape index (κ2) is 6.06. The molecule has 3 heteroatoms. The lowest BCUT2D eigenvalue weighted by molar-refractivity contribution is 0.589. The van der Waals surface area contributed by atoms with Crippen LogP contribution in [-0.2, 0) is 11.8 Å². The van der Waals surface area contributed by atoms with Crippen molar-refractivity contribution < 1.29 is 0 Å². The first-order chi connectivity index (χ1) is 9.38. The number of hydrogen-bond acceptors (Lipinski definition) is 2. The van der Waals surface area contributed by atoms with Crippen molar-refractivity contribution in [2.24, 2.45) is 5.73 Å². The van der Waals surface area contributed by atoms with Crippen molar-refractivity contribution in [2.45, 2.75) is 38.6 Å². The van der Waals surface area contributed by atoms with Crippen molar-refractivity contribution in [1.29, 1.82) is 0 Å². The van der Waals surface area contributed by atoms with E-state index in [1.165, 1.54) is 11.1 Å². The van der Waals surface area contributed by atoms with E-state index in [0.717, 1.165) is 16.6 Å². The van der Waals surface area contributed by atoms with Crippen LogP contribution in [0.25, 0.3) is 0 Å². The Morgan fingerprint density at radius 1 is 1.15 bits per heavy atom. The van der Waals surface area contributed by atoms with Crippen LogP contribution in [0.1, 0.15) is 43.6 Å². The zero-order valence-corrected chi connectivity index (χ0v) is 13.8. The molecule has 0 bridgehead atoms. The predicted octanol–water partition coefficient (Wildman–Crippen LogP) is 4.38. The van der Waals surface area contributed by atoms with Gasteiger partial charge in [0, 0.05) is 10.7 Å². The van der Waals surface area contributed by atoms with Crippen molar-refractivity contribution in [3.8, 4) is 0 Å². The van der Waals surface area contributed by atoms with Crippen molar-refractivity contribution in [1.82, 2.24) is 4.98 Å². The number of nitrogens with zero attached hydrogens (tertiary/aromatic N) is 1. The average Bonchev–Trinajstić information content (AvgIpc) is 2.38. The third-order valence-electron chi connectivity index (χ3n) is 3.41. The van der Waals surface area contributed by atoms with Gasteiger partial charge in [0.2, 0.25) is 0 Å². The molecule has 2 N–H and O–H groups in total. The van der Waals surface area contributed by atoms with Gasteiger partial charge in [0.05, 0.1) is 11.7 Å². The summed E-state index contributed by atoms with van der Waals surface area (Å²) in [4.78, 5) is 4.36. The van der Waals surface area contributed by atoms with Gasteiger partial charge in [-0.3, -0.25) is 4.98 Å². The number of benzene rings is 1. The standard InChI is InChI=1S/C17H21BrN2/c1-17(2,3)13-8-6-12(7-9-13)11-15(19)16-14(18)5-4-10-20-16/h4-10,15H,11,19H2,1-3H3. The Hall–Kier alpha value is -1.19. The van der Waals surface area contributed by atoms with Crippen LogP contribution in [0.2, 0.25) is 0 Å². The number of pyridine rings is 1. The number of hydrogen-bond donors (Lipinski definition) is 1. The minimum Gasteiger partial charge on any atom is -0.322 e. The van der Waals surface area contributed by atoms with E-state index < -0.39 is 0 Å². The van der Waals surface area contributed by atoms with Crippen LogP contribution in [0, 0.1) is 0 Å². The quantitative estimate of drug-likeness (QED) is 0.905. The van der Waals surface area contributed by atoms with Crippen molar-refractivity contribution in [3.63, 3.8) is 0 Å². The number of aromatic nitrogens is 1. The molecule has 1 heterocycles. The summed E-state index contributed by atoms with van der Waals surface area (Å²) < 4.78 is 0.971. The number of halogens is 1. The zero-order valence-electron chi connectivity index (χ0n) is 12.2. The Kier molecular flexibility index (Phi) is 4.61. The van der Waals surface area contributed by atoms with E-state index in [0.29, 0.717) is 0 Å². The second-order valence-electron chi connectivity index (χ2n) is 6.13. The van der Waals surface area contributed by atoms with Crippen LogP contribution >= 0.6 is 15.9 Å². The highest BCUT2D eigenvalue weighted by Gasteiger charge is 2.15. The molecule has 0 fully saturated rings. The maximum Gasteiger partial charge on any atom is 0.0716 e. The highest BCUT2D eigenvalue weighted by molar-refractivity contribution is 9.10. The van der Waals surface area contributed by atoms with Gasteiger partial charge in [-0.2, -0.15) is 0 Å². The fraction of sp³-hybridized carbons (Fsp3) is 0.353. The lowest BCUT2D eigenvalue weighted by Gasteiger charge is -2.19. The van der Waals surface area contributed by atoms with E-state index in [2.05, 4.69) is 66.0 Å². The molecule has 106 valence electrons. The van der Waals surface area contributed by atoms with E-state index in [4.69, 9.17) is 5.73 Å². The Morgan fingerprint density at radius 3 is 2.35 bits per heavy atom. The fourth-order valence-corrected chi connectivity index (χ4v) is 2.71. The van der Waals surface area contributed by atoms with Crippen LogP contribution in [0.15, 0.2) is 47.1 Å². The fourth-order valence-electron chi connectivity index (χ4n) is 2.16. The molecule has 0 aliphatic rings. The molecule has 0 saturated carbocycles. The Bertz CT molecular complexity index is 570. The normalized spacial score (nSPS) is 13.2. The maximum absolute atomic E-state index is 6.26. The molecule has 2 rings (SSSR count). The van der Waals surface area contributed by atoms with E-state index in [1.54, 1.807) is 6.20 Å². The molecule has 0 saturated heterocycles. The third kappa shape index (κ3) is 3.68. The Labute approximate surface area is 129 Å². The molecule has 2 nitrogen and oxygen atoms in total. The van der Waals surface area contributed by atoms with E-state index in [9.17, 15) is 0 Å². The molecule has 0 radical (unpaired) electrons. The van der Waals surface area contributed by atoms with Crippen LogP contribution in [0.5, 0.6) is 0 Å². The lowest BCUT2D eigenvalue weighted by atomic mass is 9.86. The topological polar surface area (TPSA) is 38.9 Å². The summed E-state index contributed by atoms with van der Waals surface area (Å²) in [6, 6.07) is 12.5. The second-order valence-corrected chi connectivity index (χ2v) is 6.98. The molecule has 1 atom stereocenters. The molecule has 0 amide bonds. The summed E-state index contributed by atoms with van der Waals surface area (Å²) in [6.07, 6.45) is 2.57. The van der Waals surface area contributed by atoms with E-state index in [-0.39, 0.29) is 11.5 Å².